The first-order chi connectivity index (χ1) is 9.19. The van der Waals surface area contributed by atoms with Crippen molar-refractivity contribution in [1.29, 1.82) is 0 Å². The number of likely N-dealkylation sites (N-methyl/N-ethyl adjacent to an activating group) is 1. The Labute approximate surface area is 123 Å². The summed E-state index contributed by atoms with van der Waals surface area (Å²) in [5.41, 5.74) is 7.24. The molecule has 0 spiro atoms. The molecule has 19 heavy (non-hydrogen) atoms. The van der Waals surface area contributed by atoms with E-state index in [4.69, 9.17) is 17.3 Å². The third-order valence-corrected chi connectivity index (χ3v) is 4.46. The van der Waals surface area contributed by atoms with E-state index in [9.17, 15) is 0 Å². The molecule has 1 aromatic heterocycles. The Hall–Kier alpha value is -0.870. The van der Waals surface area contributed by atoms with Gasteiger partial charge in [0.25, 0.3) is 0 Å². The topological polar surface area (TPSA) is 29.3 Å². The van der Waals surface area contributed by atoms with Gasteiger partial charge in [0.15, 0.2) is 0 Å². The second-order valence-electron chi connectivity index (χ2n) is 4.70. The van der Waals surface area contributed by atoms with Gasteiger partial charge in [-0.2, -0.15) is 0 Å². The standard InChI is InChI=1S/C15H19ClN2S/c1-18(11-14-7-8-15(16)19-14)13(10-17)9-12-5-3-2-4-6-12/h2-8,13H,9-11,17H2,1H3. The number of benzene rings is 1. The lowest BCUT2D eigenvalue weighted by Crippen LogP contribution is -2.38. The third-order valence-electron chi connectivity index (χ3n) is 3.24. The van der Waals surface area contributed by atoms with Crippen molar-refractivity contribution in [2.75, 3.05) is 13.6 Å². The molecule has 0 fully saturated rings. The van der Waals surface area contributed by atoms with E-state index in [0.29, 0.717) is 12.6 Å². The van der Waals surface area contributed by atoms with Gasteiger partial charge in [0.2, 0.25) is 0 Å². The van der Waals surface area contributed by atoms with Gasteiger partial charge in [0, 0.05) is 24.0 Å². The molecule has 0 radical (unpaired) electrons. The minimum absolute atomic E-state index is 0.350. The molecular formula is C15H19ClN2S. The first kappa shape index (κ1) is 14.5. The number of hydrogen-bond acceptors (Lipinski definition) is 3. The largest absolute Gasteiger partial charge is 0.329 e. The lowest BCUT2D eigenvalue weighted by molar-refractivity contribution is 0.239. The Kier molecular flexibility index (Phi) is 5.40. The summed E-state index contributed by atoms with van der Waals surface area (Å²) < 4.78 is 0.843. The van der Waals surface area contributed by atoms with Crippen LogP contribution >= 0.6 is 22.9 Å². The normalized spacial score (nSPS) is 12.8. The van der Waals surface area contributed by atoms with Gasteiger partial charge in [0.1, 0.15) is 0 Å². The van der Waals surface area contributed by atoms with Crippen LogP contribution in [0.5, 0.6) is 0 Å². The van der Waals surface area contributed by atoms with Gasteiger partial charge in [0.05, 0.1) is 4.34 Å². The molecular weight excluding hydrogens is 276 g/mol. The van der Waals surface area contributed by atoms with Crippen molar-refractivity contribution in [3.05, 3.63) is 57.2 Å². The summed E-state index contributed by atoms with van der Waals surface area (Å²) in [6, 6.07) is 14.9. The highest BCUT2D eigenvalue weighted by Gasteiger charge is 2.14. The van der Waals surface area contributed by atoms with Crippen LogP contribution in [0.2, 0.25) is 4.34 Å². The molecule has 0 bridgehead atoms. The van der Waals surface area contributed by atoms with Gasteiger partial charge in [-0.3, -0.25) is 4.90 Å². The van der Waals surface area contributed by atoms with E-state index in [1.807, 2.05) is 12.1 Å². The first-order valence-corrected chi connectivity index (χ1v) is 7.57. The number of rotatable bonds is 6. The molecule has 1 heterocycles. The van der Waals surface area contributed by atoms with E-state index < -0.39 is 0 Å². The molecule has 0 amide bonds. The highest BCUT2D eigenvalue weighted by molar-refractivity contribution is 7.16. The van der Waals surface area contributed by atoms with Gasteiger partial charge in [-0.15, -0.1) is 11.3 Å². The molecule has 1 unspecified atom stereocenters. The lowest BCUT2D eigenvalue weighted by Gasteiger charge is -2.26. The van der Waals surface area contributed by atoms with Gasteiger partial charge in [-0.25, -0.2) is 0 Å². The summed E-state index contributed by atoms with van der Waals surface area (Å²) in [5.74, 6) is 0. The zero-order chi connectivity index (χ0) is 13.7. The molecule has 2 aromatic rings. The highest BCUT2D eigenvalue weighted by atomic mass is 35.5. The van der Waals surface area contributed by atoms with E-state index in [0.717, 1.165) is 17.3 Å². The molecule has 0 aliphatic rings. The van der Waals surface area contributed by atoms with Crippen molar-refractivity contribution >= 4 is 22.9 Å². The predicted octanol–water partition coefficient (Wildman–Crippen LogP) is 3.40. The molecule has 2 N–H and O–H groups in total. The van der Waals surface area contributed by atoms with E-state index >= 15 is 0 Å². The number of hydrogen-bond donors (Lipinski definition) is 1. The second-order valence-corrected chi connectivity index (χ2v) is 6.50. The quantitative estimate of drug-likeness (QED) is 0.885. The Bertz CT molecular complexity index is 498. The SMILES string of the molecule is CN(Cc1ccc(Cl)s1)C(CN)Cc1ccccc1. The van der Waals surface area contributed by atoms with Gasteiger partial charge >= 0.3 is 0 Å². The Morgan fingerprint density at radius 3 is 2.53 bits per heavy atom. The van der Waals surface area contributed by atoms with Crippen molar-refractivity contribution in [3.8, 4) is 0 Å². The average molecular weight is 295 g/mol. The second kappa shape index (κ2) is 7.06. The predicted molar refractivity (Wildman–Crippen MR) is 83.8 cm³/mol. The molecule has 0 aliphatic carbocycles. The minimum atomic E-state index is 0.350. The van der Waals surface area contributed by atoms with Crippen LogP contribution in [0.15, 0.2) is 42.5 Å². The molecule has 0 saturated heterocycles. The summed E-state index contributed by atoms with van der Waals surface area (Å²) in [6.07, 6.45) is 0.979. The van der Waals surface area contributed by atoms with E-state index in [-0.39, 0.29) is 0 Å². The molecule has 4 heteroatoms. The maximum Gasteiger partial charge on any atom is 0.0931 e. The van der Waals surface area contributed by atoms with Crippen LogP contribution in [-0.2, 0) is 13.0 Å². The minimum Gasteiger partial charge on any atom is -0.329 e. The van der Waals surface area contributed by atoms with Crippen LogP contribution in [0.3, 0.4) is 0 Å². The monoisotopic (exact) mass is 294 g/mol. The molecule has 1 atom stereocenters. The Balaban J connectivity index is 1.97. The van der Waals surface area contributed by atoms with Gasteiger partial charge < -0.3 is 5.73 Å². The third kappa shape index (κ3) is 4.32. The van der Waals surface area contributed by atoms with E-state index in [1.165, 1.54) is 10.4 Å². The molecule has 0 saturated carbocycles. The van der Waals surface area contributed by atoms with Gasteiger partial charge in [-0.1, -0.05) is 41.9 Å². The van der Waals surface area contributed by atoms with Crippen molar-refractivity contribution in [2.24, 2.45) is 5.73 Å². The molecule has 1 aromatic carbocycles. The number of thiophene rings is 1. The zero-order valence-corrected chi connectivity index (χ0v) is 12.6. The first-order valence-electron chi connectivity index (χ1n) is 6.37. The van der Waals surface area contributed by atoms with Crippen molar-refractivity contribution in [2.45, 2.75) is 19.0 Å². The summed E-state index contributed by atoms with van der Waals surface area (Å²) in [4.78, 5) is 3.58. The lowest BCUT2D eigenvalue weighted by atomic mass is 10.1. The smallest absolute Gasteiger partial charge is 0.0931 e. The van der Waals surface area contributed by atoms with Crippen LogP contribution in [0.4, 0.5) is 0 Å². The number of nitrogens with two attached hydrogens (primary N) is 1. The molecule has 2 rings (SSSR count). The Morgan fingerprint density at radius 1 is 1.21 bits per heavy atom. The fourth-order valence-corrected chi connectivity index (χ4v) is 3.27. The fraction of sp³-hybridized carbons (Fsp3) is 0.333. The van der Waals surface area contributed by atoms with Crippen LogP contribution in [0, 0.1) is 0 Å². The summed E-state index contributed by atoms with van der Waals surface area (Å²) in [7, 11) is 2.12. The van der Waals surface area contributed by atoms with Crippen molar-refractivity contribution in [1.82, 2.24) is 4.90 Å². The summed E-state index contributed by atoms with van der Waals surface area (Å²) >= 11 is 7.60. The van der Waals surface area contributed by atoms with Crippen molar-refractivity contribution < 1.29 is 0 Å². The Morgan fingerprint density at radius 2 is 1.95 bits per heavy atom. The number of nitrogens with zero attached hydrogens (tertiary/aromatic N) is 1. The highest BCUT2D eigenvalue weighted by Crippen LogP contribution is 2.23. The summed E-state index contributed by atoms with van der Waals surface area (Å²) in [6.45, 7) is 1.55. The van der Waals surface area contributed by atoms with Crippen LogP contribution < -0.4 is 5.73 Å². The summed E-state index contributed by atoms with van der Waals surface area (Å²) in [5, 5.41) is 0. The fourth-order valence-electron chi connectivity index (χ4n) is 2.12. The van der Waals surface area contributed by atoms with Gasteiger partial charge in [-0.05, 0) is 31.2 Å². The maximum atomic E-state index is 5.96. The van der Waals surface area contributed by atoms with Crippen LogP contribution in [-0.4, -0.2) is 24.5 Å². The molecule has 102 valence electrons. The molecule has 2 nitrogen and oxygen atoms in total. The molecule has 0 aliphatic heterocycles. The van der Waals surface area contributed by atoms with Crippen LogP contribution in [0.25, 0.3) is 0 Å². The average Bonchev–Trinajstić information content (AvgIpc) is 2.82. The van der Waals surface area contributed by atoms with E-state index in [2.05, 4.69) is 42.3 Å². The van der Waals surface area contributed by atoms with Crippen LogP contribution in [0.1, 0.15) is 10.4 Å². The zero-order valence-electron chi connectivity index (χ0n) is 11.1. The maximum absolute atomic E-state index is 5.96. The number of halogens is 1. The van der Waals surface area contributed by atoms with E-state index in [1.54, 1.807) is 11.3 Å². The van der Waals surface area contributed by atoms with Crippen molar-refractivity contribution in [3.63, 3.8) is 0 Å².